The van der Waals surface area contributed by atoms with Crippen molar-refractivity contribution in [2.75, 3.05) is 20.3 Å². The van der Waals surface area contributed by atoms with Crippen molar-refractivity contribution in [3.8, 4) is 5.75 Å². The Bertz CT molecular complexity index is 534. The maximum atomic E-state index is 12.2. The molecule has 0 aromatic heterocycles. The van der Waals surface area contributed by atoms with Gasteiger partial charge in [-0.15, -0.1) is 0 Å². The van der Waals surface area contributed by atoms with Crippen LogP contribution < -0.4 is 4.74 Å². The van der Waals surface area contributed by atoms with E-state index in [4.69, 9.17) is 27.9 Å². The molecule has 1 amide bonds. The standard InChI is InChI=1S/C15H19Cl2NO4/c1-10(2)18(7-6-15(20)21-3)14(19)9-22-13-5-4-11(16)8-12(13)17/h4-5,8,10H,6-7,9H2,1-3H3. The Morgan fingerprint density at radius 2 is 1.95 bits per heavy atom. The minimum absolute atomic E-state index is 0.0542. The number of carbonyl (C=O) groups is 2. The molecule has 1 aromatic carbocycles. The van der Waals surface area contributed by atoms with Gasteiger partial charge in [-0.2, -0.15) is 0 Å². The zero-order chi connectivity index (χ0) is 16.7. The quantitative estimate of drug-likeness (QED) is 0.711. The van der Waals surface area contributed by atoms with Crippen LogP contribution in [0.1, 0.15) is 20.3 Å². The first-order valence-electron chi connectivity index (χ1n) is 6.79. The molecule has 0 N–H and O–H groups in total. The maximum absolute atomic E-state index is 12.2. The van der Waals surface area contributed by atoms with Gasteiger partial charge in [0.1, 0.15) is 5.75 Å². The topological polar surface area (TPSA) is 55.8 Å². The van der Waals surface area contributed by atoms with E-state index in [1.807, 2.05) is 13.8 Å². The summed E-state index contributed by atoms with van der Waals surface area (Å²) in [4.78, 5) is 25.0. The van der Waals surface area contributed by atoms with Crippen LogP contribution in [0.3, 0.4) is 0 Å². The summed E-state index contributed by atoms with van der Waals surface area (Å²) in [6.07, 6.45) is 0.141. The van der Waals surface area contributed by atoms with E-state index >= 15 is 0 Å². The number of hydrogen-bond acceptors (Lipinski definition) is 4. The van der Waals surface area contributed by atoms with Crippen molar-refractivity contribution in [2.24, 2.45) is 0 Å². The third kappa shape index (κ3) is 5.73. The lowest BCUT2D eigenvalue weighted by Crippen LogP contribution is -2.41. The predicted molar refractivity (Wildman–Crippen MR) is 85.4 cm³/mol. The maximum Gasteiger partial charge on any atom is 0.307 e. The van der Waals surface area contributed by atoms with Crippen LogP contribution in [0.4, 0.5) is 0 Å². The lowest BCUT2D eigenvalue weighted by molar-refractivity contribution is -0.142. The number of nitrogens with zero attached hydrogens (tertiary/aromatic N) is 1. The van der Waals surface area contributed by atoms with Gasteiger partial charge in [0.25, 0.3) is 5.91 Å². The van der Waals surface area contributed by atoms with Crippen LogP contribution in [0, 0.1) is 0 Å². The molecular formula is C15H19Cl2NO4. The van der Waals surface area contributed by atoms with Gasteiger partial charge in [0, 0.05) is 17.6 Å². The second-order valence-corrected chi connectivity index (χ2v) is 5.71. The second kappa shape index (κ2) is 8.86. The molecule has 0 spiro atoms. The van der Waals surface area contributed by atoms with Crippen molar-refractivity contribution in [1.29, 1.82) is 0 Å². The van der Waals surface area contributed by atoms with E-state index in [0.717, 1.165) is 0 Å². The van der Waals surface area contributed by atoms with Crippen LogP contribution in [0.2, 0.25) is 10.0 Å². The Morgan fingerprint density at radius 1 is 1.27 bits per heavy atom. The highest BCUT2D eigenvalue weighted by Gasteiger charge is 2.19. The van der Waals surface area contributed by atoms with Crippen LogP contribution in [0.15, 0.2) is 18.2 Å². The van der Waals surface area contributed by atoms with Crippen LogP contribution in [-0.2, 0) is 14.3 Å². The second-order valence-electron chi connectivity index (χ2n) is 4.87. The molecule has 1 rings (SSSR count). The first-order chi connectivity index (χ1) is 10.3. The fourth-order valence-corrected chi connectivity index (χ4v) is 2.26. The van der Waals surface area contributed by atoms with Crippen molar-refractivity contribution in [1.82, 2.24) is 4.90 Å². The molecule has 1 aromatic rings. The zero-order valence-corrected chi connectivity index (χ0v) is 14.3. The number of rotatable bonds is 7. The van der Waals surface area contributed by atoms with E-state index in [-0.39, 0.29) is 37.5 Å². The number of ether oxygens (including phenoxy) is 2. The number of benzene rings is 1. The molecule has 0 saturated carbocycles. The Kier molecular flexibility index (Phi) is 7.48. The van der Waals surface area contributed by atoms with Gasteiger partial charge in [0.15, 0.2) is 6.61 Å². The van der Waals surface area contributed by atoms with E-state index in [9.17, 15) is 9.59 Å². The highest BCUT2D eigenvalue weighted by Crippen LogP contribution is 2.27. The van der Waals surface area contributed by atoms with E-state index in [1.165, 1.54) is 7.11 Å². The van der Waals surface area contributed by atoms with Gasteiger partial charge >= 0.3 is 5.97 Å². The molecular weight excluding hydrogens is 329 g/mol. The van der Waals surface area contributed by atoms with Crippen LogP contribution in [-0.4, -0.2) is 43.1 Å². The summed E-state index contributed by atoms with van der Waals surface area (Å²) in [5.41, 5.74) is 0. The third-order valence-electron chi connectivity index (χ3n) is 2.97. The molecule has 0 atom stereocenters. The normalized spacial score (nSPS) is 10.5. The lowest BCUT2D eigenvalue weighted by atomic mass is 10.2. The fraction of sp³-hybridized carbons (Fsp3) is 0.467. The van der Waals surface area contributed by atoms with Gasteiger partial charge in [-0.1, -0.05) is 23.2 Å². The summed E-state index contributed by atoms with van der Waals surface area (Å²) in [6, 6.07) is 4.72. The third-order valence-corrected chi connectivity index (χ3v) is 3.50. The molecule has 7 heteroatoms. The van der Waals surface area contributed by atoms with Crippen molar-refractivity contribution < 1.29 is 19.1 Å². The van der Waals surface area contributed by atoms with Gasteiger partial charge in [0.05, 0.1) is 18.6 Å². The molecule has 0 saturated heterocycles. The van der Waals surface area contributed by atoms with Gasteiger partial charge < -0.3 is 14.4 Å². The van der Waals surface area contributed by atoms with E-state index < -0.39 is 0 Å². The monoisotopic (exact) mass is 347 g/mol. The SMILES string of the molecule is COC(=O)CCN(C(=O)COc1ccc(Cl)cc1Cl)C(C)C. The van der Waals surface area contributed by atoms with Gasteiger partial charge in [-0.3, -0.25) is 9.59 Å². The molecule has 0 radical (unpaired) electrons. The summed E-state index contributed by atoms with van der Waals surface area (Å²) in [5, 5.41) is 0.830. The first-order valence-corrected chi connectivity index (χ1v) is 7.55. The van der Waals surface area contributed by atoms with Gasteiger partial charge in [0.2, 0.25) is 0 Å². The van der Waals surface area contributed by atoms with E-state index in [1.54, 1.807) is 23.1 Å². The number of hydrogen-bond donors (Lipinski definition) is 0. The van der Waals surface area contributed by atoms with Crippen LogP contribution in [0.5, 0.6) is 5.75 Å². The number of esters is 1. The summed E-state index contributed by atoms with van der Waals surface area (Å²) in [7, 11) is 1.31. The van der Waals surface area contributed by atoms with Crippen molar-refractivity contribution in [3.63, 3.8) is 0 Å². The zero-order valence-electron chi connectivity index (χ0n) is 12.8. The summed E-state index contributed by atoms with van der Waals surface area (Å²) >= 11 is 11.8. The van der Waals surface area contributed by atoms with Crippen molar-refractivity contribution >= 4 is 35.1 Å². The molecule has 5 nitrogen and oxygen atoms in total. The fourth-order valence-electron chi connectivity index (χ4n) is 1.80. The number of amides is 1. The number of halogens is 2. The number of methoxy groups -OCH3 is 1. The lowest BCUT2D eigenvalue weighted by Gasteiger charge is -2.26. The molecule has 0 fully saturated rings. The van der Waals surface area contributed by atoms with Crippen LogP contribution in [0.25, 0.3) is 0 Å². The molecule has 0 bridgehead atoms. The summed E-state index contributed by atoms with van der Waals surface area (Å²) < 4.78 is 10.00. The average Bonchev–Trinajstić information content (AvgIpc) is 2.45. The minimum Gasteiger partial charge on any atom is -0.482 e. The minimum atomic E-state index is -0.361. The molecule has 0 unspecified atom stereocenters. The Labute approximate surface area is 140 Å². The molecule has 122 valence electrons. The highest BCUT2D eigenvalue weighted by molar-refractivity contribution is 6.35. The highest BCUT2D eigenvalue weighted by atomic mass is 35.5. The van der Waals surface area contributed by atoms with Gasteiger partial charge in [-0.05, 0) is 32.0 Å². The molecule has 0 aliphatic carbocycles. The van der Waals surface area contributed by atoms with Gasteiger partial charge in [-0.25, -0.2) is 0 Å². The largest absolute Gasteiger partial charge is 0.482 e. The molecule has 22 heavy (non-hydrogen) atoms. The average molecular weight is 348 g/mol. The predicted octanol–water partition coefficient (Wildman–Crippen LogP) is 3.17. The van der Waals surface area contributed by atoms with E-state index in [2.05, 4.69) is 4.74 Å². The summed E-state index contributed by atoms with van der Waals surface area (Å²) in [5.74, 6) is -0.207. The van der Waals surface area contributed by atoms with Crippen LogP contribution >= 0.6 is 23.2 Å². The van der Waals surface area contributed by atoms with E-state index in [0.29, 0.717) is 15.8 Å². The Hall–Kier alpha value is -1.46. The van der Waals surface area contributed by atoms with Crippen molar-refractivity contribution in [3.05, 3.63) is 28.2 Å². The smallest absolute Gasteiger partial charge is 0.307 e. The number of carbonyl (C=O) groups excluding carboxylic acids is 2. The Balaban J connectivity index is 2.61. The Morgan fingerprint density at radius 3 is 2.50 bits per heavy atom. The molecule has 0 aliphatic heterocycles. The summed E-state index contributed by atoms with van der Waals surface area (Å²) in [6.45, 7) is 3.84. The molecule has 0 aliphatic rings. The van der Waals surface area contributed by atoms with Crippen molar-refractivity contribution in [2.45, 2.75) is 26.3 Å². The first kappa shape index (κ1) is 18.6. The molecule has 0 heterocycles.